The Morgan fingerprint density at radius 1 is 1.21 bits per heavy atom. The van der Waals surface area contributed by atoms with Crippen molar-refractivity contribution in [3.05, 3.63) is 25.3 Å². The Hall–Kier alpha value is -1.58. The van der Waals surface area contributed by atoms with E-state index in [1.165, 1.54) is 6.08 Å². The zero-order chi connectivity index (χ0) is 11.1. The zero-order valence-corrected chi connectivity index (χ0v) is 7.85. The molecule has 0 aliphatic heterocycles. The van der Waals surface area contributed by atoms with E-state index in [1.807, 2.05) is 0 Å². The molecule has 0 saturated carbocycles. The molecule has 4 nitrogen and oxygen atoms in total. The minimum Gasteiger partial charge on any atom is -0.481 e. The van der Waals surface area contributed by atoms with Gasteiger partial charge in [-0.2, -0.15) is 0 Å². The SMILES string of the molecule is C=C.O=C(O)C1C=CCCC1C(=O)O. The van der Waals surface area contributed by atoms with Gasteiger partial charge in [0.25, 0.3) is 0 Å². The van der Waals surface area contributed by atoms with Crippen molar-refractivity contribution in [2.24, 2.45) is 11.8 Å². The molecule has 0 spiro atoms. The number of carboxylic acid groups (broad SMARTS) is 2. The highest BCUT2D eigenvalue weighted by Gasteiger charge is 2.32. The van der Waals surface area contributed by atoms with E-state index in [0.29, 0.717) is 12.8 Å². The lowest BCUT2D eigenvalue weighted by atomic mass is 9.84. The molecule has 4 heteroatoms. The van der Waals surface area contributed by atoms with Gasteiger partial charge in [-0.1, -0.05) is 12.2 Å². The van der Waals surface area contributed by atoms with E-state index in [9.17, 15) is 9.59 Å². The maximum atomic E-state index is 10.6. The molecule has 2 N–H and O–H groups in total. The van der Waals surface area contributed by atoms with Gasteiger partial charge in [0, 0.05) is 0 Å². The van der Waals surface area contributed by atoms with Crippen molar-refractivity contribution in [2.45, 2.75) is 12.8 Å². The van der Waals surface area contributed by atoms with Gasteiger partial charge in [-0.05, 0) is 12.8 Å². The smallest absolute Gasteiger partial charge is 0.311 e. The Morgan fingerprint density at radius 2 is 1.79 bits per heavy atom. The first-order valence-electron chi connectivity index (χ1n) is 4.25. The fourth-order valence-electron chi connectivity index (χ4n) is 1.36. The minimum atomic E-state index is -1.06. The number of carbonyl (C=O) groups is 2. The van der Waals surface area contributed by atoms with Crippen LogP contribution in [0.15, 0.2) is 25.3 Å². The second kappa shape index (κ2) is 5.96. The molecule has 2 unspecified atom stereocenters. The summed E-state index contributed by atoms with van der Waals surface area (Å²) >= 11 is 0. The van der Waals surface area contributed by atoms with Gasteiger partial charge in [-0.25, -0.2) is 0 Å². The van der Waals surface area contributed by atoms with E-state index < -0.39 is 23.8 Å². The lowest BCUT2D eigenvalue weighted by Crippen LogP contribution is -2.30. The molecular weight excluding hydrogens is 184 g/mol. The highest BCUT2D eigenvalue weighted by Crippen LogP contribution is 2.24. The Kier molecular flexibility index (Phi) is 5.29. The van der Waals surface area contributed by atoms with Crippen molar-refractivity contribution in [3.8, 4) is 0 Å². The van der Waals surface area contributed by atoms with Crippen LogP contribution in [0.5, 0.6) is 0 Å². The first-order chi connectivity index (χ1) is 6.63. The highest BCUT2D eigenvalue weighted by molar-refractivity contribution is 5.81. The fraction of sp³-hybridized carbons (Fsp3) is 0.400. The van der Waals surface area contributed by atoms with Crippen molar-refractivity contribution < 1.29 is 19.8 Å². The summed E-state index contributed by atoms with van der Waals surface area (Å²) in [6, 6.07) is 0. The first kappa shape index (κ1) is 12.4. The largest absolute Gasteiger partial charge is 0.481 e. The van der Waals surface area contributed by atoms with E-state index in [2.05, 4.69) is 13.2 Å². The summed E-state index contributed by atoms with van der Waals surface area (Å²) in [5, 5.41) is 17.3. The standard InChI is InChI=1S/C8H10O4.C2H4/c9-7(10)5-3-1-2-4-6(5)8(11)12;1-2/h1,3,5-6H,2,4H2,(H,9,10)(H,11,12);1-2H2. The summed E-state index contributed by atoms with van der Waals surface area (Å²) in [6.45, 7) is 6.00. The third kappa shape index (κ3) is 3.05. The number of rotatable bonds is 2. The average molecular weight is 198 g/mol. The molecule has 0 aromatic carbocycles. The van der Waals surface area contributed by atoms with Crippen LogP contribution in [0, 0.1) is 11.8 Å². The van der Waals surface area contributed by atoms with Gasteiger partial charge in [0.15, 0.2) is 0 Å². The van der Waals surface area contributed by atoms with Crippen molar-refractivity contribution >= 4 is 11.9 Å². The monoisotopic (exact) mass is 198 g/mol. The maximum absolute atomic E-state index is 10.6. The van der Waals surface area contributed by atoms with Crippen LogP contribution in [-0.2, 0) is 9.59 Å². The molecule has 0 heterocycles. The van der Waals surface area contributed by atoms with Crippen LogP contribution in [0.25, 0.3) is 0 Å². The van der Waals surface area contributed by atoms with Crippen molar-refractivity contribution in [1.82, 2.24) is 0 Å². The molecule has 0 aromatic heterocycles. The van der Waals surface area contributed by atoms with Gasteiger partial charge in [0.1, 0.15) is 0 Å². The Morgan fingerprint density at radius 3 is 2.14 bits per heavy atom. The second-order valence-corrected chi connectivity index (χ2v) is 2.81. The summed E-state index contributed by atoms with van der Waals surface area (Å²) in [7, 11) is 0. The Labute approximate surface area is 82.6 Å². The van der Waals surface area contributed by atoms with Crippen molar-refractivity contribution in [3.63, 3.8) is 0 Å². The van der Waals surface area contributed by atoms with Crippen LogP contribution in [0.1, 0.15) is 12.8 Å². The molecular formula is C10H14O4. The molecule has 0 saturated heterocycles. The molecule has 14 heavy (non-hydrogen) atoms. The van der Waals surface area contributed by atoms with Crippen LogP contribution < -0.4 is 0 Å². The van der Waals surface area contributed by atoms with E-state index >= 15 is 0 Å². The molecule has 1 aliphatic carbocycles. The molecule has 78 valence electrons. The lowest BCUT2D eigenvalue weighted by Gasteiger charge is -2.19. The van der Waals surface area contributed by atoms with E-state index in [4.69, 9.17) is 10.2 Å². The predicted octanol–water partition coefficient (Wildman–Crippen LogP) is 1.54. The van der Waals surface area contributed by atoms with Gasteiger partial charge in [-0.15, -0.1) is 13.2 Å². The normalized spacial score (nSPS) is 24.6. The molecule has 0 aromatic rings. The minimum absolute atomic E-state index is 0.419. The summed E-state index contributed by atoms with van der Waals surface area (Å²) in [5.74, 6) is -3.69. The van der Waals surface area contributed by atoms with Gasteiger partial charge >= 0.3 is 11.9 Å². The molecule has 2 atom stereocenters. The quantitative estimate of drug-likeness (QED) is 0.660. The Bertz CT molecular complexity index is 245. The number of carboxylic acids is 2. The molecule has 0 radical (unpaired) electrons. The Balaban J connectivity index is 0.000000791. The van der Waals surface area contributed by atoms with Crippen molar-refractivity contribution in [1.29, 1.82) is 0 Å². The molecule has 0 fully saturated rings. The van der Waals surface area contributed by atoms with Crippen LogP contribution in [0.2, 0.25) is 0 Å². The zero-order valence-electron chi connectivity index (χ0n) is 7.85. The van der Waals surface area contributed by atoms with Crippen LogP contribution in [-0.4, -0.2) is 22.2 Å². The second-order valence-electron chi connectivity index (χ2n) is 2.81. The van der Waals surface area contributed by atoms with Crippen LogP contribution in [0.4, 0.5) is 0 Å². The number of hydrogen-bond acceptors (Lipinski definition) is 2. The van der Waals surface area contributed by atoms with Gasteiger partial charge in [0.05, 0.1) is 11.8 Å². The van der Waals surface area contributed by atoms with Gasteiger partial charge in [0.2, 0.25) is 0 Å². The van der Waals surface area contributed by atoms with Crippen molar-refractivity contribution in [2.75, 3.05) is 0 Å². The number of hydrogen-bond donors (Lipinski definition) is 2. The molecule has 0 amide bonds. The summed E-state index contributed by atoms with van der Waals surface area (Å²) in [5.41, 5.74) is 0. The molecule has 1 aliphatic rings. The van der Waals surface area contributed by atoms with E-state index in [-0.39, 0.29) is 0 Å². The number of allylic oxidation sites excluding steroid dienone is 1. The predicted molar refractivity (Wildman–Crippen MR) is 51.9 cm³/mol. The van der Waals surface area contributed by atoms with E-state index in [0.717, 1.165) is 0 Å². The van der Waals surface area contributed by atoms with Gasteiger partial charge in [-0.3, -0.25) is 9.59 Å². The highest BCUT2D eigenvalue weighted by atomic mass is 16.4. The molecule has 1 rings (SSSR count). The summed E-state index contributed by atoms with van der Waals surface area (Å²) in [4.78, 5) is 21.1. The molecule has 0 bridgehead atoms. The van der Waals surface area contributed by atoms with E-state index in [1.54, 1.807) is 6.08 Å². The third-order valence-electron chi connectivity index (χ3n) is 2.02. The van der Waals surface area contributed by atoms with Crippen LogP contribution >= 0.6 is 0 Å². The van der Waals surface area contributed by atoms with Gasteiger partial charge < -0.3 is 10.2 Å². The lowest BCUT2D eigenvalue weighted by molar-refractivity contribution is -0.152. The third-order valence-corrected chi connectivity index (χ3v) is 2.02. The average Bonchev–Trinajstić information content (AvgIpc) is 2.20. The topological polar surface area (TPSA) is 74.6 Å². The first-order valence-corrected chi connectivity index (χ1v) is 4.25. The summed E-state index contributed by atoms with van der Waals surface area (Å²) in [6.07, 6.45) is 4.26. The van der Waals surface area contributed by atoms with Crippen LogP contribution in [0.3, 0.4) is 0 Å². The summed E-state index contributed by atoms with van der Waals surface area (Å²) < 4.78 is 0. The maximum Gasteiger partial charge on any atom is 0.311 e. The number of aliphatic carboxylic acids is 2. The fourth-order valence-corrected chi connectivity index (χ4v) is 1.36.